The van der Waals surface area contributed by atoms with Crippen LogP contribution < -0.4 is 0 Å². The first-order valence-corrected chi connectivity index (χ1v) is 4.93. The quantitative estimate of drug-likeness (QED) is 0.767. The molecule has 0 spiro atoms. The van der Waals surface area contributed by atoms with Crippen LogP contribution in [0, 0.1) is 5.41 Å². The van der Waals surface area contributed by atoms with Gasteiger partial charge in [-0.1, -0.05) is 13.8 Å². The smallest absolute Gasteiger partial charge is 0.366 e. The number of aliphatic carboxylic acids is 1. The Morgan fingerprint density at radius 1 is 1.50 bits per heavy atom. The molecule has 0 radical (unpaired) electrons. The van der Waals surface area contributed by atoms with E-state index >= 15 is 0 Å². The molecule has 1 aliphatic carbocycles. The number of halogens is 1. The van der Waals surface area contributed by atoms with E-state index in [1.807, 2.05) is 0 Å². The van der Waals surface area contributed by atoms with Crippen LogP contribution in [0.1, 0.15) is 39.5 Å². The van der Waals surface area contributed by atoms with E-state index in [0.29, 0.717) is 0 Å². The van der Waals surface area contributed by atoms with Gasteiger partial charge >= 0.3 is 5.97 Å². The predicted octanol–water partition coefficient (Wildman–Crippen LogP) is 2.35. The largest absolute Gasteiger partial charge is 0.477 e. The normalized spacial score (nSPS) is 24.5. The first-order valence-electron chi connectivity index (χ1n) is 4.93. The van der Waals surface area contributed by atoms with Gasteiger partial charge in [-0.25, -0.2) is 9.18 Å². The van der Waals surface area contributed by atoms with Crippen molar-refractivity contribution in [3.63, 3.8) is 0 Å². The second-order valence-electron chi connectivity index (χ2n) is 4.65. The zero-order valence-electron chi connectivity index (χ0n) is 8.62. The maximum absolute atomic E-state index is 12.7. The van der Waals surface area contributed by atoms with Crippen LogP contribution >= 0.6 is 0 Å². The second kappa shape index (κ2) is 4.26. The van der Waals surface area contributed by atoms with E-state index < -0.39 is 12.3 Å². The van der Waals surface area contributed by atoms with E-state index in [9.17, 15) is 9.18 Å². The summed E-state index contributed by atoms with van der Waals surface area (Å²) in [6.07, 6.45) is 1.03. The van der Waals surface area contributed by atoms with Crippen molar-refractivity contribution < 1.29 is 19.0 Å². The Labute approximate surface area is 83.3 Å². The fourth-order valence-corrected chi connectivity index (χ4v) is 1.74. The van der Waals surface area contributed by atoms with Gasteiger partial charge in [0.2, 0.25) is 0 Å². The Balaban J connectivity index is 2.32. The third-order valence-corrected chi connectivity index (χ3v) is 2.79. The first kappa shape index (κ1) is 11.4. The summed E-state index contributed by atoms with van der Waals surface area (Å²) < 4.78 is 17.5. The topological polar surface area (TPSA) is 46.5 Å². The van der Waals surface area contributed by atoms with Gasteiger partial charge in [-0.05, 0) is 31.1 Å². The molecular formula is C10H17FO3. The molecule has 1 aliphatic rings. The van der Waals surface area contributed by atoms with Crippen molar-refractivity contribution in [3.05, 3.63) is 0 Å². The summed E-state index contributed by atoms with van der Waals surface area (Å²) in [5, 5.41) is 8.32. The molecule has 0 bridgehead atoms. The van der Waals surface area contributed by atoms with Crippen molar-refractivity contribution in [1.82, 2.24) is 0 Å². The highest BCUT2D eigenvalue weighted by Gasteiger charge is 2.30. The van der Waals surface area contributed by atoms with Crippen LogP contribution in [0.5, 0.6) is 0 Å². The van der Waals surface area contributed by atoms with E-state index in [2.05, 4.69) is 13.8 Å². The molecule has 4 heteroatoms. The van der Waals surface area contributed by atoms with Crippen LogP contribution in [0.3, 0.4) is 0 Å². The maximum atomic E-state index is 12.7. The van der Waals surface area contributed by atoms with Crippen molar-refractivity contribution in [2.24, 2.45) is 5.41 Å². The van der Waals surface area contributed by atoms with Gasteiger partial charge in [-0.3, -0.25) is 0 Å². The Morgan fingerprint density at radius 2 is 2.00 bits per heavy atom. The minimum atomic E-state index is -2.17. The zero-order chi connectivity index (χ0) is 10.8. The van der Waals surface area contributed by atoms with Crippen molar-refractivity contribution in [1.29, 1.82) is 0 Å². The number of carbonyl (C=O) groups is 1. The van der Waals surface area contributed by atoms with Gasteiger partial charge < -0.3 is 9.84 Å². The molecule has 1 unspecified atom stereocenters. The SMILES string of the molecule is CC1(C)CCC(OC(F)C(=O)O)CC1. The van der Waals surface area contributed by atoms with Crippen LogP contribution in [0.15, 0.2) is 0 Å². The molecule has 1 fully saturated rings. The lowest BCUT2D eigenvalue weighted by Gasteiger charge is -2.34. The van der Waals surface area contributed by atoms with Crippen molar-refractivity contribution in [2.45, 2.75) is 52.0 Å². The van der Waals surface area contributed by atoms with E-state index in [1.165, 1.54) is 0 Å². The third-order valence-electron chi connectivity index (χ3n) is 2.79. The minimum absolute atomic E-state index is 0.228. The van der Waals surface area contributed by atoms with Gasteiger partial charge in [0.05, 0.1) is 6.10 Å². The number of hydrogen-bond donors (Lipinski definition) is 1. The summed E-state index contributed by atoms with van der Waals surface area (Å²) in [7, 11) is 0. The average Bonchev–Trinajstić information content (AvgIpc) is 2.08. The van der Waals surface area contributed by atoms with Crippen molar-refractivity contribution in [3.8, 4) is 0 Å². The second-order valence-corrected chi connectivity index (χ2v) is 4.65. The van der Waals surface area contributed by atoms with Gasteiger partial charge in [-0.15, -0.1) is 0 Å². The summed E-state index contributed by atoms with van der Waals surface area (Å²) in [5.74, 6) is -1.53. The number of ether oxygens (including phenoxy) is 1. The van der Waals surface area contributed by atoms with E-state index in [0.717, 1.165) is 25.7 Å². The van der Waals surface area contributed by atoms with Crippen LogP contribution in [-0.2, 0) is 9.53 Å². The average molecular weight is 204 g/mol. The zero-order valence-corrected chi connectivity index (χ0v) is 8.62. The fourth-order valence-electron chi connectivity index (χ4n) is 1.74. The highest BCUT2D eigenvalue weighted by atomic mass is 19.1. The molecule has 1 atom stereocenters. The lowest BCUT2D eigenvalue weighted by molar-refractivity contribution is -0.173. The number of carboxylic acids is 1. The van der Waals surface area contributed by atoms with E-state index in [-0.39, 0.29) is 11.5 Å². The molecular weight excluding hydrogens is 187 g/mol. The van der Waals surface area contributed by atoms with Gasteiger partial charge in [0.25, 0.3) is 6.36 Å². The monoisotopic (exact) mass is 204 g/mol. The van der Waals surface area contributed by atoms with Crippen LogP contribution in [0.25, 0.3) is 0 Å². The van der Waals surface area contributed by atoms with Crippen molar-refractivity contribution >= 4 is 5.97 Å². The summed E-state index contributed by atoms with van der Waals surface area (Å²) >= 11 is 0. The molecule has 1 N–H and O–H groups in total. The van der Waals surface area contributed by atoms with Crippen LogP contribution in [0.2, 0.25) is 0 Å². The highest BCUT2D eigenvalue weighted by molar-refractivity contribution is 5.70. The Morgan fingerprint density at radius 3 is 2.43 bits per heavy atom. The van der Waals surface area contributed by atoms with E-state index in [4.69, 9.17) is 9.84 Å². The molecule has 1 rings (SSSR count). The first-order chi connectivity index (χ1) is 6.41. The summed E-state index contributed by atoms with van der Waals surface area (Å²) in [6.45, 7) is 4.32. The summed E-state index contributed by atoms with van der Waals surface area (Å²) in [4.78, 5) is 10.2. The number of carboxylic acid groups (broad SMARTS) is 1. The lowest BCUT2D eigenvalue weighted by atomic mass is 9.76. The fraction of sp³-hybridized carbons (Fsp3) is 0.900. The molecule has 0 saturated heterocycles. The van der Waals surface area contributed by atoms with Crippen molar-refractivity contribution in [2.75, 3.05) is 0 Å². The third kappa shape index (κ3) is 3.25. The molecule has 0 aliphatic heterocycles. The summed E-state index contributed by atoms with van der Waals surface area (Å²) in [6, 6.07) is 0. The Hall–Kier alpha value is -0.640. The standard InChI is InChI=1S/C10H17FO3/c1-10(2)5-3-7(4-6-10)14-8(11)9(12)13/h7-8H,3-6H2,1-2H3,(H,12,13). The van der Waals surface area contributed by atoms with E-state index in [1.54, 1.807) is 0 Å². The number of hydrogen-bond acceptors (Lipinski definition) is 2. The summed E-state index contributed by atoms with van der Waals surface area (Å²) in [5.41, 5.74) is 0.287. The van der Waals surface area contributed by atoms with Gasteiger partial charge in [0.15, 0.2) is 0 Å². The predicted molar refractivity (Wildman–Crippen MR) is 49.7 cm³/mol. The lowest BCUT2D eigenvalue weighted by Crippen LogP contribution is -2.31. The minimum Gasteiger partial charge on any atom is -0.477 e. The molecule has 3 nitrogen and oxygen atoms in total. The van der Waals surface area contributed by atoms with Gasteiger partial charge in [-0.2, -0.15) is 0 Å². The van der Waals surface area contributed by atoms with Crippen LogP contribution in [0.4, 0.5) is 4.39 Å². The molecule has 0 aromatic heterocycles. The molecule has 14 heavy (non-hydrogen) atoms. The highest BCUT2D eigenvalue weighted by Crippen LogP contribution is 2.36. The Bertz CT molecular complexity index is 205. The number of rotatable bonds is 3. The van der Waals surface area contributed by atoms with Gasteiger partial charge in [0.1, 0.15) is 0 Å². The van der Waals surface area contributed by atoms with Gasteiger partial charge in [0, 0.05) is 0 Å². The maximum Gasteiger partial charge on any atom is 0.366 e. The molecule has 0 aromatic rings. The number of alkyl halides is 1. The van der Waals surface area contributed by atoms with Crippen LogP contribution in [-0.4, -0.2) is 23.5 Å². The molecule has 1 saturated carbocycles. The Kier molecular flexibility index (Phi) is 3.48. The molecule has 0 heterocycles. The molecule has 82 valence electrons. The molecule has 0 aromatic carbocycles. The molecule has 0 amide bonds.